The van der Waals surface area contributed by atoms with E-state index in [9.17, 15) is 0 Å². The number of aromatic nitrogens is 1. The first-order valence-corrected chi connectivity index (χ1v) is 8.60. The van der Waals surface area contributed by atoms with E-state index in [1.165, 1.54) is 22.2 Å². The van der Waals surface area contributed by atoms with Gasteiger partial charge in [-0.2, -0.15) is 11.8 Å². The largest absolute Gasteiger partial charge is 0.370 e. The van der Waals surface area contributed by atoms with Gasteiger partial charge < -0.3 is 15.6 Å². The Kier molecular flexibility index (Phi) is 4.39. The summed E-state index contributed by atoms with van der Waals surface area (Å²) in [6.07, 6.45) is 0.930. The number of aliphatic imine (C=N–C) groups is 1. The lowest BCUT2D eigenvalue weighted by atomic mass is 10.1. The monoisotopic (exact) mass is 302 g/mol. The molecule has 1 saturated heterocycles. The van der Waals surface area contributed by atoms with E-state index in [0.29, 0.717) is 5.96 Å². The van der Waals surface area contributed by atoms with E-state index in [-0.39, 0.29) is 0 Å². The van der Waals surface area contributed by atoms with E-state index < -0.39 is 0 Å². The molecule has 0 amide bonds. The number of guanidine groups is 1. The van der Waals surface area contributed by atoms with E-state index in [0.717, 1.165) is 37.6 Å². The standard InChI is InChI=1S/C16H22N4S/c1-12-13(14-4-2-3-5-15(14)19-12)6-7-18-16(17)20-8-10-21-11-9-20/h2-5,19H,6-11H2,1H3,(H2,17,18). The highest BCUT2D eigenvalue weighted by Crippen LogP contribution is 2.22. The summed E-state index contributed by atoms with van der Waals surface area (Å²) in [5.41, 5.74) is 9.89. The van der Waals surface area contributed by atoms with Crippen LogP contribution >= 0.6 is 11.8 Å². The lowest BCUT2D eigenvalue weighted by Gasteiger charge is -2.27. The van der Waals surface area contributed by atoms with Gasteiger partial charge in [-0.1, -0.05) is 18.2 Å². The van der Waals surface area contributed by atoms with Gasteiger partial charge in [0.15, 0.2) is 5.96 Å². The van der Waals surface area contributed by atoms with Crippen LogP contribution in [-0.4, -0.2) is 47.0 Å². The average molecular weight is 302 g/mol. The summed E-state index contributed by atoms with van der Waals surface area (Å²) in [4.78, 5) is 10.2. The smallest absolute Gasteiger partial charge is 0.191 e. The second-order valence-corrected chi connectivity index (χ2v) is 6.59. The molecule has 2 heterocycles. The SMILES string of the molecule is Cc1[nH]c2ccccc2c1CCN=C(N)N1CCSCC1. The van der Waals surface area contributed by atoms with Gasteiger partial charge in [0.05, 0.1) is 0 Å². The maximum atomic E-state index is 6.10. The molecule has 5 heteroatoms. The van der Waals surface area contributed by atoms with Gasteiger partial charge in [-0.25, -0.2) is 0 Å². The van der Waals surface area contributed by atoms with Crippen molar-refractivity contribution in [2.24, 2.45) is 10.7 Å². The minimum Gasteiger partial charge on any atom is -0.370 e. The van der Waals surface area contributed by atoms with Crippen LogP contribution in [0.3, 0.4) is 0 Å². The summed E-state index contributed by atoms with van der Waals surface area (Å²) in [6.45, 7) is 4.92. The van der Waals surface area contributed by atoms with Crippen LogP contribution in [0.5, 0.6) is 0 Å². The minimum atomic E-state index is 0.702. The van der Waals surface area contributed by atoms with Crippen molar-refractivity contribution >= 4 is 28.6 Å². The second-order valence-electron chi connectivity index (χ2n) is 5.36. The minimum absolute atomic E-state index is 0.702. The molecule has 1 aliphatic heterocycles. The van der Waals surface area contributed by atoms with Crippen molar-refractivity contribution in [3.63, 3.8) is 0 Å². The summed E-state index contributed by atoms with van der Waals surface area (Å²) >= 11 is 1.98. The molecule has 3 N–H and O–H groups in total. The molecule has 112 valence electrons. The normalized spacial score (nSPS) is 16.6. The van der Waals surface area contributed by atoms with Crippen molar-refractivity contribution in [3.8, 4) is 0 Å². The Hall–Kier alpha value is -1.62. The number of nitrogens with two attached hydrogens (primary N) is 1. The third kappa shape index (κ3) is 3.18. The number of rotatable bonds is 3. The lowest BCUT2D eigenvalue weighted by Crippen LogP contribution is -2.42. The predicted octanol–water partition coefficient (Wildman–Crippen LogP) is 2.38. The molecule has 21 heavy (non-hydrogen) atoms. The van der Waals surface area contributed by atoms with E-state index in [1.807, 2.05) is 11.8 Å². The molecule has 0 bridgehead atoms. The number of nitrogens with zero attached hydrogens (tertiary/aromatic N) is 2. The number of aromatic amines is 1. The Morgan fingerprint density at radius 1 is 1.33 bits per heavy atom. The highest BCUT2D eigenvalue weighted by atomic mass is 32.2. The van der Waals surface area contributed by atoms with Crippen molar-refractivity contribution in [1.82, 2.24) is 9.88 Å². The Morgan fingerprint density at radius 3 is 2.90 bits per heavy atom. The Morgan fingerprint density at radius 2 is 2.10 bits per heavy atom. The maximum absolute atomic E-state index is 6.10. The zero-order valence-corrected chi connectivity index (χ0v) is 13.2. The predicted molar refractivity (Wildman–Crippen MR) is 92.1 cm³/mol. The molecule has 2 aromatic rings. The third-order valence-electron chi connectivity index (χ3n) is 4.00. The number of thioether (sulfide) groups is 1. The van der Waals surface area contributed by atoms with Crippen LogP contribution in [0.1, 0.15) is 11.3 Å². The number of fused-ring (bicyclic) bond motifs is 1. The molecule has 0 unspecified atom stereocenters. The zero-order chi connectivity index (χ0) is 14.7. The van der Waals surface area contributed by atoms with Gasteiger partial charge in [0.2, 0.25) is 0 Å². The Balaban J connectivity index is 1.67. The molecule has 0 atom stereocenters. The van der Waals surface area contributed by atoms with Crippen LogP contribution in [0.2, 0.25) is 0 Å². The molecular formula is C16H22N4S. The van der Waals surface area contributed by atoms with Crippen molar-refractivity contribution in [2.75, 3.05) is 31.1 Å². The highest BCUT2D eigenvalue weighted by Gasteiger charge is 2.12. The Bertz CT molecular complexity index is 641. The van der Waals surface area contributed by atoms with E-state index >= 15 is 0 Å². The fraction of sp³-hybridized carbons (Fsp3) is 0.438. The van der Waals surface area contributed by atoms with Crippen molar-refractivity contribution < 1.29 is 0 Å². The van der Waals surface area contributed by atoms with Gasteiger partial charge in [-0.3, -0.25) is 4.99 Å². The lowest BCUT2D eigenvalue weighted by molar-refractivity contribution is 0.456. The molecule has 1 fully saturated rings. The zero-order valence-electron chi connectivity index (χ0n) is 12.4. The van der Waals surface area contributed by atoms with Crippen molar-refractivity contribution in [3.05, 3.63) is 35.5 Å². The molecule has 1 aromatic carbocycles. The van der Waals surface area contributed by atoms with Gasteiger partial charge >= 0.3 is 0 Å². The van der Waals surface area contributed by atoms with Crippen LogP contribution in [0, 0.1) is 6.92 Å². The first kappa shape index (κ1) is 14.3. The molecule has 0 radical (unpaired) electrons. The van der Waals surface area contributed by atoms with Crippen LogP contribution in [0.15, 0.2) is 29.3 Å². The fourth-order valence-corrected chi connectivity index (χ4v) is 3.73. The number of nitrogens with one attached hydrogen (secondary N) is 1. The number of benzene rings is 1. The summed E-state index contributed by atoms with van der Waals surface area (Å²) < 4.78 is 0. The summed E-state index contributed by atoms with van der Waals surface area (Å²) in [7, 11) is 0. The van der Waals surface area contributed by atoms with E-state index in [1.54, 1.807) is 0 Å². The fourth-order valence-electron chi connectivity index (χ4n) is 2.83. The maximum Gasteiger partial charge on any atom is 0.191 e. The molecule has 3 rings (SSSR count). The van der Waals surface area contributed by atoms with Crippen LogP contribution < -0.4 is 5.73 Å². The molecule has 0 spiro atoms. The second kappa shape index (κ2) is 6.43. The summed E-state index contributed by atoms with van der Waals surface area (Å²) in [6, 6.07) is 8.44. The molecule has 1 aliphatic rings. The molecule has 0 saturated carbocycles. The number of para-hydroxylation sites is 1. The van der Waals surface area contributed by atoms with Crippen molar-refractivity contribution in [1.29, 1.82) is 0 Å². The first-order chi connectivity index (χ1) is 10.3. The van der Waals surface area contributed by atoms with Gasteiger partial charge in [0, 0.05) is 47.7 Å². The summed E-state index contributed by atoms with van der Waals surface area (Å²) in [5.74, 6) is 3.00. The van der Waals surface area contributed by atoms with Gasteiger partial charge in [0.25, 0.3) is 0 Å². The number of aryl methyl sites for hydroxylation is 1. The van der Waals surface area contributed by atoms with Crippen molar-refractivity contribution in [2.45, 2.75) is 13.3 Å². The average Bonchev–Trinajstić information content (AvgIpc) is 2.84. The quantitative estimate of drug-likeness (QED) is 0.676. The number of hydrogen-bond donors (Lipinski definition) is 2. The molecule has 1 aromatic heterocycles. The summed E-state index contributed by atoms with van der Waals surface area (Å²) in [5, 5.41) is 1.30. The Labute approximate surface area is 129 Å². The molecular weight excluding hydrogens is 280 g/mol. The molecule has 4 nitrogen and oxygen atoms in total. The molecule has 0 aliphatic carbocycles. The van der Waals surface area contributed by atoms with Crippen LogP contribution in [0.4, 0.5) is 0 Å². The van der Waals surface area contributed by atoms with Crippen LogP contribution in [0.25, 0.3) is 10.9 Å². The van der Waals surface area contributed by atoms with Gasteiger partial charge in [-0.05, 0) is 25.0 Å². The van der Waals surface area contributed by atoms with Crippen LogP contribution in [-0.2, 0) is 6.42 Å². The van der Waals surface area contributed by atoms with Gasteiger partial charge in [-0.15, -0.1) is 0 Å². The van der Waals surface area contributed by atoms with E-state index in [4.69, 9.17) is 5.73 Å². The number of H-pyrrole nitrogens is 1. The first-order valence-electron chi connectivity index (χ1n) is 7.44. The van der Waals surface area contributed by atoms with Gasteiger partial charge in [0.1, 0.15) is 0 Å². The van der Waals surface area contributed by atoms with E-state index in [2.05, 4.69) is 46.1 Å². The highest BCUT2D eigenvalue weighted by molar-refractivity contribution is 7.99. The topological polar surface area (TPSA) is 57.4 Å². The third-order valence-corrected chi connectivity index (χ3v) is 4.94. The number of hydrogen-bond acceptors (Lipinski definition) is 2.